The number of alkyl halides is 3. The van der Waals surface area contributed by atoms with Crippen LogP contribution in [0.1, 0.15) is 37.8 Å². The molecule has 1 aliphatic heterocycles. The van der Waals surface area contributed by atoms with E-state index in [0.29, 0.717) is 11.4 Å². The Labute approximate surface area is 138 Å². The number of benzene rings is 1. The van der Waals surface area contributed by atoms with Crippen molar-refractivity contribution in [3.05, 3.63) is 39.5 Å². The Bertz CT molecular complexity index is 826. The number of rotatable bonds is 1. The van der Waals surface area contributed by atoms with E-state index in [0.717, 1.165) is 38.1 Å². The molecule has 0 spiro atoms. The molecule has 0 aliphatic carbocycles. The number of fused-ring (bicyclic) bond motifs is 1. The fourth-order valence-corrected chi connectivity index (χ4v) is 3.07. The molecule has 1 aliphatic rings. The zero-order valence-electron chi connectivity index (χ0n) is 14.0. The van der Waals surface area contributed by atoms with Gasteiger partial charge in [0.2, 0.25) is 5.88 Å². The largest absolute Gasteiger partial charge is 0.440 e. The minimum absolute atomic E-state index is 0.0246. The average molecular weight is 339 g/mol. The summed E-state index contributed by atoms with van der Waals surface area (Å²) in [5.41, 5.74) is -0.431. The van der Waals surface area contributed by atoms with Gasteiger partial charge in [-0.25, -0.2) is 0 Å². The second-order valence-corrected chi connectivity index (χ2v) is 7.22. The van der Waals surface area contributed by atoms with Crippen molar-refractivity contribution in [2.75, 3.05) is 18.0 Å². The molecule has 2 aromatic rings. The maximum absolute atomic E-state index is 12.8. The van der Waals surface area contributed by atoms with Gasteiger partial charge in [-0.2, -0.15) is 13.2 Å². The van der Waals surface area contributed by atoms with Gasteiger partial charge in [0.15, 0.2) is 5.43 Å². The summed E-state index contributed by atoms with van der Waals surface area (Å²) in [4.78, 5) is 14.6. The molecule has 0 saturated carbocycles. The van der Waals surface area contributed by atoms with Gasteiger partial charge in [-0.05, 0) is 43.4 Å². The highest BCUT2D eigenvalue weighted by atomic mass is 19.4. The van der Waals surface area contributed by atoms with E-state index in [1.54, 1.807) is 6.92 Å². The molecule has 1 fully saturated rings. The second-order valence-electron chi connectivity index (χ2n) is 7.22. The fourth-order valence-electron chi connectivity index (χ4n) is 3.07. The van der Waals surface area contributed by atoms with Crippen LogP contribution in [0.4, 0.5) is 19.1 Å². The summed E-state index contributed by atoms with van der Waals surface area (Å²) in [6.07, 6.45) is -2.53. The van der Waals surface area contributed by atoms with Crippen molar-refractivity contribution >= 4 is 16.9 Å². The number of hydrogen-bond acceptors (Lipinski definition) is 3. The Morgan fingerprint density at radius 3 is 2.38 bits per heavy atom. The summed E-state index contributed by atoms with van der Waals surface area (Å²) in [5.74, 6) is 0.475. The Hall–Kier alpha value is -1.98. The SMILES string of the molecule is Cc1c(N2CCC(C)(C)CC2)oc2ccc(C(F)(F)F)cc2c1=O. The Kier molecular flexibility index (Phi) is 3.89. The average Bonchev–Trinajstić information content (AvgIpc) is 2.50. The monoisotopic (exact) mass is 339 g/mol. The summed E-state index contributed by atoms with van der Waals surface area (Å²) in [7, 11) is 0. The van der Waals surface area contributed by atoms with Crippen molar-refractivity contribution in [1.29, 1.82) is 0 Å². The smallest absolute Gasteiger partial charge is 0.416 e. The van der Waals surface area contributed by atoms with E-state index in [1.807, 2.05) is 4.90 Å². The number of anilines is 1. The first-order valence-corrected chi connectivity index (χ1v) is 7.98. The maximum atomic E-state index is 12.8. The molecule has 130 valence electrons. The molecule has 3 rings (SSSR count). The lowest BCUT2D eigenvalue weighted by atomic mass is 9.82. The van der Waals surface area contributed by atoms with E-state index >= 15 is 0 Å². The first-order chi connectivity index (χ1) is 11.1. The van der Waals surface area contributed by atoms with Crippen LogP contribution in [0.5, 0.6) is 0 Å². The van der Waals surface area contributed by atoms with Gasteiger partial charge >= 0.3 is 6.18 Å². The molecule has 24 heavy (non-hydrogen) atoms. The molecular formula is C18H20F3NO2. The zero-order chi connectivity index (χ0) is 17.7. The lowest BCUT2D eigenvalue weighted by molar-refractivity contribution is -0.137. The topological polar surface area (TPSA) is 33.5 Å². The fraction of sp³-hybridized carbons (Fsp3) is 0.500. The van der Waals surface area contributed by atoms with Gasteiger partial charge in [-0.3, -0.25) is 4.79 Å². The van der Waals surface area contributed by atoms with Crippen molar-refractivity contribution in [3.63, 3.8) is 0 Å². The highest BCUT2D eigenvalue weighted by Crippen LogP contribution is 2.35. The molecule has 0 amide bonds. The third-order valence-electron chi connectivity index (χ3n) is 4.82. The van der Waals surface area contributed by atoms with Crippen LogP contribution in [0.3, 0.4) is 0 Å². The lowest BCUT2D eigenvalue weighted by Gasteiger charge is -2.37. The summed E-state index contributed by atoms with van der Waals surface area (Å²) >= 11 is 0. The third kappa shape index (κ3) is 3.01. The molecular weight excluding hydrogens is 319 g/mol. The number of nitrogens with zero attached hydrogens (tertiary/aromatic N) is 1. The van der Waals surface area contributed by atoms with Crippen molar-refractivity contribution in [1.82, 2.24) is 0 Å². The van der Waals surface area contributed by atoms with Crippen molar-refractivity contribution < 1.29 is 17.6 Å². The quantitative estimate of drug-likeness (QED) is 0.752. The van der Waals surface area contributed by atoms with Crippen LogP contribution in [0.2, 0.25) is 0 Å². The van der Waals surface area contributed by atoms with E-state index in [4.69, 9.17) is 4.42 Å². The van der Waals surface area contributed by atoms with Crippen LogP contribution in [-0.4, -0.2) is 13.1 Å². The number of hydrogen-bond donors (Lipinski definition) is 0. The normalized spacial score (nSPS) is 18.2. The predicted octanol–water partition coefficient (Wildman–Crippen LogP) is 4.75. The summed E-state index contributed by atoms with van der Waals surface area (Å²) in [6.45, 7) is 7.55. The first-order valence-electron chi connectivity index (χ1n) is 7.98. The molecule has 0 unspecified atom stereocenters. The number of piperidine rings is 1. The molecule has 2 heterocycles. The minimum Gasteiger partial charge on any atom is -0.440 e. The third-order valence-corrected chi connectivity index (χ3v) is 4.82. The van der Waals surface area contributed by atoms with Gasteiger partial charge in [0.25, 0.3) is 0 Å². The Morgan fingerprint density at radius 1 is 1.17 bits per heavy atom. The molecule has 1 saturated heterocycles. The van der Waals surface area contributed by atoms with Crippen LogP contribution in [0, 0.1) is 12.3 Å². The van der Waals surface area contributed by atoms with Crippen molar-refractivity contribution in [3.8, 4) is 0 Å². The standard InChI is InChI=1S/C18H20F3NO2/c1-11-15(23)13-10-12(18(19,20)21)4-5-14(13)24-16(11)22-8-6-17(2,3)7-9-22/h4-5,10H,6-9H2,1-3H3. The Balaban J connectivity index is 2.06. The van der Waals surface area contributed by atoms with E-state index in [1.165, 1.54) is 6.07 Å². The van der Waals surface area contributed by atoms with Crippen LogP contribution in [-0.2, 0) is 6.18 Å². The van der Waals surface area contributed by atoms with Gasteiger partial charge in [0.1, 0.15) is 5.58 Å². The minimum atomic E-state index is -4.48. The van der Waals surface area contributed by atoms with E-state index < -0.39 is 17.2 Å². The van der Waals surface area contributed by atoms with Crippen LogP contribution >= 0.6 is 0 Å². The summed E-state index contributed by atoms with van der Waals surface area (Å²) in [5, 5.41) is -0.0246. The second kappa shape index (κ2) is 5.53. The maximum Gasteiger partial charge on any atom is 0.416 e. The molecule has 3 nitrogen and oxygen atoms in total. The molecule has 1 aromatic carbocycles. The molecule has 0 N–H and O–H groups in total. The zero-order valence-corrected chi connectivity index (χ0v) is 14.0. The molecule has 0 atom stereocenters. The summed E-state index contributed by atoms with van der Waals surface area (Å²) < 4.78 is 44.4. The summed E-state index contributed by atoms with van der Waals surface area (Å²) in [6, 6.07) is 3.05. The van der Waals surface area contributed by atoms with Crippen LogP contribution < -0.4 is 10.3 Å². The van der Waals surface area contributed by atoms with Gasteiger partial charge in [0.05, 0.1) is 16.5 Å². The van der Waals surface area contributed by atoms with Gasteiger partial charge in [-0.1, -0.05) is 13.8 Å². The van der Waals surface area contributed by atoms with Gasteiger partial charge in [-0.15, -0.1) is 0 Å². The van der Waals surface area contributed by atoms with Crippen molar-refractivity contribution in [2.24, 2.45) is 5.41 Å². The van der Waals surface area contributed by atoms with Crippen LogP contribution in [0.15, 0.2) is 27.4 Å². The van der Waals surface area contributed by atoms with E-state index in [9.17, 15) is 18.0 Å². The highest BCUT2D eigenvalue weighted by molar-refractivity contribution is 5.80. The molecule has 6 heteroatoms. The highest BCUT2D eigenvalue weighted by Gasteiger charge is 2.32. The van der Waals surface area contributed by atoms with Crippen molar-refractivity contribution in [2.45, 2.75) is 39.8 Å². The first kappa shape index (κ1) is 16.9. The number of halogens is 3. The van der Waals surface area contributed by atoms with Crippen LogP contribution in [0.25, 0.3) is 11.0 Å². The predicted molar refractivity (Wildman–Crippen MR) is 87.5 cm³/mol. The lowest BCUT2D eigenvalue weighted by Crippen LogP contribution is -2.38. The van der Waals surface area contributed by atoms with Gasteiger partial charge < -0.3 is 9.32 Å². The molecule has 0 bridgehead atoms. The Morgan fingerprint density at radius 2 is 1.79 bits per heavy atom. The van der Waals surface area contributed by atoms with E-state index in [-0.39, 0.29) is 16.4 Å². The molecule has 1 aromatic heterocycles. The van der Waals surface area contributed by atoms with Gasteiger partial charge in [0, 0.05) is 13.1 Å². The van der Waals surface area contributed by atoms with E-state index in [2.05, 4.69) is 13.8 Å². The molecule has 0 radical (unpaired) electrons.